The van der Waals surface area contributed by atoms with Crippen molar-refractivity contribution in [1.29, 1.82) is 0 Å². The average Bonchev–Trinajstić information content (AvgIpc) is 2.29. The zero-order valence-electron chi connectivity index (χ0n) is 8.70. The fourth-order valence-corrected chi connectivity index (χ4v) is 1.33. The molecule has 16 heavy (non-hydrogen) atoms. The Hall–Kier alpha value is -2.04. The largest absolute Gasteiger partial charge is 0.305 e. The van der Waals surface area contributed by atoms with Crippen LogP contribution in [0.25, 0.3) is 11.5 Å². The number of aromatic amines is 1. The Kier molecular flexibility index (Phi) is 2.76. The van der Waals surface area contributed by atoms with Gasteiger partial charge in [0.25, 0.3) is 5.56 Å². The summed E-state index contributed by atoms with van der Waals surface area (Å²) in [4.78, 5) is 21.9. The van der Waals surface area contributed by atoms with Crippen molar-refractivity contribution in [3.63, 3.8) is 0 Å². The van der Waals surface area contributed by atoms with E-state index in [-0.39, 0.29) is 5.56 Å². The predicted molar refractivity (Wildman–Crippen MR) is 57.4 cm³/mol. The van der Waals surface area contributed by atoms with Gasteiger partial charge in [-0.2, -0.15) is 0 Å². The smallest absolute Gasteiger partial charge is 0.251 e. The molecule has 4 nitrogen and oxygen atoms in total. The molecule has 0 radical (unpaired) electrons. The van der Waals surface area contributed by atoms with Gasteiger partial charge in [-0.25, -0.2) is 14.4 Å². The van der Waals surface area contributed by atoms with E-state index in [9.17, 15) is 9.18 Å². The summed E-state index contributed by atoms with van der Waals surface area (Å²) >= 11 is 0. The summed E-state index contributed by atoms with van der Waals surface area (Å²) in [5, 5.41) is 0. The summed E-state index contributed by atoms with van der Waals surface area (Å²) < 4.78 is 12.7. The highest BCUT2D eigenvalue weighted by atomic mass is 19.1. The molecule has 2 aromatic rings. The van der Waals surface area contributed by atoms with Crippen LogP contribution in [0.4, 0.5) is 4.39 Å². The first kappa shape index (κ1) is 10.5. The van der Waals surface area contributed by atoms with Gasteiger partial charge in [-0.05, 0) is 18.6 Å². The number of aryl methyl sites for hydroxylation is 1. The Morgan fingerprint density at radius 3 is 2.88 bits per heavy atom. The molecule has 1 N–H and O–H groups in total. The van der Waals surface area contributed by atoms with Gasteiger partial charge < -0.3 is 4.98 Å². The molecule has 0 fully saturated rings. The van der Waals surface area contributed by atoms with Crippen molar-refractivity contribution in [3.8, 4) is 11.5 Å². The van der Waals surface area contributed by atoms with Gasteiger partial charge in [0.1, 0.15) is 11.5 Å². The van der Waals surface area contributed by atoms with E-state index in [1.54, 1.807) is 0 Å². The SMILES string of the molecule is CCc1cc(=O)[nH]c(-c2ccc(F)cn2)n1. The molecule has 0 atom stereocenters. The highest BCUT2D eigenvalue weighted by Crippen LogP contribution is 2.10. The maximum atomic E-state index is 12.7. The van der Waals surface area contributed by atoms with Crippen LogP contribution in [0.3, 0.4) is 0 Å². The van der Waals surface area contributed by atoms with E-state index in [1.165, 1.54) is 18.2 Å². The average molecular weight is 219 g/mol. The summed E-state index contributed by atoms with van der Waals surface area (Å²) in [7, 11) is 0. The lowest BCUT2D eigenvalue weighted by atomic mass is 10.3. The molecule has 0 saturated heterocycles. The molecular weight excluding hydrogens is 209 g/mol. The Labute approximate surface area is 91.2 Å². The zero-order chi connectivity index (χ0) is 11.5. The lowest BCUT2D eigenvalue weighted by Crippen LogP contribution is -2.10. The van der Waals surface area contributed by atoms with E-state index in [4.69, 9.17) is 0 Å². The minimum Gasteiger partial charge on any atom is -0.305 e. The van der Waals surface area contributed by atoms with Gasteiger partial charge in [0.2, 0.25) is 0 Å². The van der Waals surface area contributed by atoms with Gasteiger partial charge in [-0.15, -0.1) is 0 Å². The first-order valence-corrected chi connectivity index (χ1v) is 4.91. The molecular formula is C11H10FN3O. The molecule has 2 heterocycles. The highest BCUT2D eigenvalue weighted by molar-refractivity contribution is 5.48. The van der Waals surface area contributed by atoms with Crippen LogP contribution in [-0.4, -0.2) is 15.0 Å². The number of hydrogen-bond acceptors (Lipinski definition) is 3. The summed E-state index contributed by atoms with van der Waals surface area (Å²) in [6.07, 6.45) is 1.76. The Morgan fingerprint density at radius 2 is 2.25 bits per heavy atom. The van der Waals surface area contributed by atoms with E-state index >= 15 is 0 Å². The topological polar surface area (TPSA) is 58.6 Å². The second-order valence-electron chi connectivity index (χ2n) is 3.30. The summed E-state index contributed by atoms with van der Waals surface area (Å²) in [6.45, 7) is 1.91. The second-order valence-corrected chi connectivity index (χ2v) is 3.30. The van der Waals surface area contributed by atoms with Crippen molar-refractivity contribution in [2.75, 3.05) is 0 Å². The number of nitrogens with zero attached hydrogens (tertiary/aromatic N) is 2. The number of rotatable bonds is 2. The number of H-pyrrole nitrogens is 1. The molecule has 0 aromatic carbocycles. The molecule has 0 saturated carbocycles. The maximum absolute atomic E-state index is 12.7. The third kappa shape index (κ3) is 2.13. The van der Waals surface area contributed by atoms with Crippen molar-refractivity contribution < 1.29 is 4.39 Å². The number of nitrogens with one attached hydrogen (secondary N) is 1. The first-order chi connectivity index (χ1) is 7.69. The minimum absolute atomic E-state index is 0.229. The van der Waals surface area contributed by atoms with Gasteiger partial charge in [-0.1, -0.05) is 6.92 Å². The van der Waals surface area contributed by atoms with Crippen LogP contribution >= 0.6 is 0 Å². The van der Waals surface area contributed by atoms with Crippen LogP contribution < -0.4 is 5.56 Å². The van der Waals surface area contributed by atoms with E-state index in [0.29, 0.717) is 23.6 Å². The standard InChI is InChI=1S/C11H10FN3O/c1-2-8-5-10(16)15-11(14-8)9-4-3-7(12)6-13-9/h3-6H,2H2,1H3,(H,14,15,16). The number of hydrogen-bond donors (Lipinski definition) is 1. The third-order valence-corrected chi connectivity index (χ3v) is 2.13. The molecule has 2 aromatic heterocycles. The molecule has 2 rings (SSSR count). The van der Waals surface area contributed by atoms with Gasteiger partial charge >= 0.3 is 0 Å². The van der Waals surface area contributed by atoms with E-state index < -0.39 is 5.82 Å². The van der Waals surface area contributed by atoms with Crippen LogP contribution in [-0.2, 0) is 6.42 Å². The Morgan fingerprint density at radius 1 is 1.44 bits per heavy atom. The molecule has 5 heteroatoms. The van der Waals surface area contributed by atoms with Crippen LogP contribution in [0.15, 0.2) is 29.2 Å². The molecule has 0 spiro atoms. The van der Waals surface area contributed by atoms with Crippen molar-refractivity contribution in [2.24, 2.45) is 0 Å². The van der Waals surface area contributed by atoms with Crippen LogP contribution in [0.1, 0.15) is 12.6 Å². The fraction of sp³-hybridized carbons (Fsp3) is 0.182. The molecule has 0 aliphatic heterocycles. The predicted octanol–water partition coefficient (Wildman–Crippen LogP) is 1.53. The summed E-state index contributed by atoms with van der Waals surface area (Å²) in [6, 6.07) is 4.20. The number of halogens is 1. The van der Waals surface area contributed by atoms with Crippen molar-refractivity contribution >= 4 is 0 Å². The second kappa shape index (κ2) is 4.22. The molecule has 0 aliphatic carbocycles. The van der Waals surface area contributed by atoms with Crippen LogP contribution in [0.2, 0.25) is 0 Å². The monoisotopic (exact) mass is 219 g/mol. The molecule has 0 bridgehead atoms. The van der Waals surface area contributed by atoms with Gasteiger partial charge in [-0.3, -0.25) is 4.79 Å². The fourth-order valence-electron chi connectivity index (χ4n) is 1.33. The molecule has 0 unspecified atom stereocenters. The van der Waals surface area contributed by atoms with E-state index in [2.05, 4.69) is 15.0 Å². The molecule has 0 aliphatic rings. The quantitative estimate of drug-likeness (QED) is 0.833. The highest BCUT2D eigenvalue weighted by Gasteiger charge is 2.04. The van der Waals surface area contributed by atoms with E-state index in [0.717, 1.165) is 6.20 Å². The summed E-state index contributed by atoms with van der Waals surface area (Å²) in [5.41, 5.74) is 0.909. The number of pyridine rings is 1. The van der Waals surface area contributed by atoms with Crippen molar-refractivity contribution in [1.82, 2.24) is 15.0 Å². The van der Waals surface area contributed by atoms with Gasteiger partial charge in [0.05, 0.1) is 6.20 Å². The molecule has 82 valence electrons. The first-order valence-electron chi connectivity index (χ1n) is 4.91. The van der Waals surface area contributed by atoms with Crippen LogP contribution in [0.5, 0.6) is 0 Å². The lowest BCUT2D eigenvalue weighted by molar-refractivity contribution is 0.621. The van der Waals surface area contributed by atoms with Gasteiger partial charge in [0.15, 0.2) is 5.82 Å². The maximum Gasteiger partial charge on any atom is 0.251 e. The third-order valence-electron chi connectivity index (χ3n) is 2.13. The summed E-state index contributed by atoms with van der Waals surface area (Å²) in [5.74, 6) is -0.0536. The Balaban J connectivity index is 2.51. The van der Waals surface area contributed by atoms with Crippen LogP contribution in [0, 0.1) is 5.82 Å². The normalized spacial score (nSPS) is 10.4. The minimum atomic E-state index is -0.419. The Bertz CT molecular complexity index is 548. The lowest BCUT2D eigenvalue weighted by Gasteiger charge is -2.01. The molecule has 0 amide bonds. The van der Waals surface area contributed by atoms with Crippen molar-refractivity contribution in [3.05, 3.63) is 46.3 Å². The number of aromatic nitrogens is 3. The van der Waals surface area contributed by atoms with E-state index in [1.807, 2.05) is 6.92 Å². The van der Waals surface area contributed by atoms with Gasteiger partial charge in [0, 0.05) is 11.8 Å². The zero-order valence-corrected chi connectivity index (χ0v) is 8.70. The van der Waals surface area contributed by atoms with Crippen molar-refractivity contribution in [2.45, 2.75) is 13.3 Å².